The quantitative estimate of drug-likeness (QED) is 0.700. The minimum absolute atomic E-state index is 0.496. The van der Waals surface area contributed by atoms with Crippen LogP contribution >= 0.6 is 27.5 Å². The molecule has 1 aliphatic heterocycles. The van der Waals surface area contributed by atoms with Crippen LogP contribution in [0.2, 0.25) is 0 Å². The van der Waals surface area contributed by atoms with Crippen LogP contribution in [0.5, 0.6) is 0 Å². The Bertz CT molecular complexity index is 401. The molecular weight excluding hydrogens is 275 g/mol. The van der Waals surface area contributed by atoms with Crippen LogP contribution in [-0.2, 0) is 0 Å². The van der Waals surface area contributed by atoms with Crippen LogP contribution in [0.3, 0.4) is 0 Å². The molecular formula is C11H14BrClN2. The van der Waals surface area contributed by atoms with Gasteiger partial charge in [-0.3, -0.25) is 0 Å². The summed E-state index contributed by atoms with van der Waals surface area (Å²) in [5.41, 5.74) is 3.77. The lowest BCUT2D eigenvalue weighted by Crippen LogP contribution is -2.26. The van der Waals surface area contributed by atoms with E-state index >= 15 is 0 Å². The van der Waals surface area contributed by atoms with Gasteiger partial charge in [0.25, 0.3) is 0 Å². The van der Waals surface area contributed by atoms with Gasteiger partial charge in [0.15, 0.2) is 5.17 Å². The van der Waals surface area contributed by atoms with Crippen molar-refractivity contribution in [3.63, 3.8) is 0 Å². The van der Waals surface area contributed by atoms with Crippen molar-refractivity contribution >= 4 is 32.7 Å². The van der Waals surface area contributed by atoms with Crippen LogP contribution in [0.1, 0.15) is 27.7 Å². The topological polar surface area (TPSA) is 15.6 Å². The van der Waals surface area contributed by atoms with Gasteiger partial charge in [-0.05, 0) is 27.7 Å². The highest BCUT2D eigenvalue weighted by molar-refractivity contribution is 9.11. The maximum absolute atomic E-state index is 6.12. The fourth-order valence-corrected chi connectivity index (χ4v) is 2.31. The summed E-state index contributed by atoms with van der Waals surface area (Å²) >= 11 is 9.56. The molecule has 0 aromatic heterocycles. The summed E-state index contributed by atoms with van der Waals surface area (Å²) in [6.07, 6.45) is 0. The van der Waals surface area contributed by atoms with E-state index in [0.29, 0.717) is 5.17 Å². The highest BCUT2D eigenvalue weighted by atomic mass is 79.9. The van der Waals surface area contributed by atoms with Gasteiger partial charge in [0.2, 0.25) is 0 Å². The van der Waals surface area contributed by atoms with Gasteiger partial charge in [-0.15, -0.1) is 0 Å². The molecule has 0 unspecified atom stereocenters. The smallest absolute Gasteiger partial charge is 0.154 e. The predicted octanol–water partition coefficient (Wildman–Crippen LogP) is 4.35. The molecule has 1 rings (SSSR count). The molecule has 0 saturated heterocycles. The number of halogens is 2. The summed E-state index contributed by atoms with van der Waals surface area (Å²) in [6, 6.07) is 0. The zero-order valence-electron chi connectivity index (χ0n) is 9.36. The van der Waals surface area contributed by atoms with E-state index in [1.807, 2.05) is 32.6 Å². The van der Waals surface area contributed by atoms with Crippen LogP contribution in [0, 0.1) is 0 Å². The maximum Gasteiger partial charge on any atom is 0.154 e. The van der Waals surface area contributed by atoms with Gasteiger partial charge in [-0.1, -0.05) is 34.1 Å². The van der Waals surface area contributed by atoms with Gasteiger partial charge in [0, 0.05) is 15.9 Å². The van der Waals surface area contributed by atoms with Crippen LogP contribution < -0.4 is 0 Å². The summed E-state index contributed by atoms with van der Waals surface area (Å²) in [5.74, 6) is 0. The lowest BCUT2D eigenvalue weighted by Gasteiger charge is -2.32. The molecule has 15 heavy (non-hydrogen) atoms. The second kappa shape index (κ2) is 4.54. The Kier molecular flexibility index (Phi) is 3.79. The van der Waals surface area contributed by atoms with Crippen LogP contribution in [-0.4, -0.2) is 10.1 Å². The summed E-state index contributed by atoms with van der Waals surface area (Å²) in [7, 11) is 0. The SMILES string of the molecule is C=C(C)N1C(C)=C(C)N=C(Cl)/C1=C(/C)Br. The first-order valence-corrected chi connectivity index (χ1v) is 5.77. The maximum atomic E-state index is 6.12. The molecule has 1 heterocycles. The zero-order valence-corrected chi connectivity index (χ0v) is 11.7. The van der Waals surface area contributed by atoms with Gasteiger partial charge < -0.3 is 4.90 Å². The lowest BCUT2D eigenvalue weighted by atomic mass is 10.2. The first-order chi connectivity index (χ1) is 6.86. The number of allylic oxidation sites excluding steroid dienone is 5. The molecule has 0 aromatic rings. The highest BCUT2D eigenvalue weighted by Crippen LogP contribution is 2.32. The number of hydrogen-bond acceptors (Lipinski definition) is 2. The molecule has 0 radical (unpaired) electrons. The Morgan fingerprint density at radius 1 is 1.40 bits per heavy atom. The molecule has 0 fully saturated rings. The summed E-state index contributed by atoms with van der Waals surface area (Å²) in [5, 5.41) is 0.496. The number of rotatable bonds is 1. The number of aliphatic imine (C=N–C) groups is 1. The van der Waals surface area contributed by atoms with E-state index in [9.17, 15) is 0 Å². The molecule has 82 valence electrons. The Morgan fingerprint density at radius 2 is 1.93 bits per heavy atom. The van der Waals surface area contributed by atoms with Crippen molar-refractivity contribution in [3.05, 3.63) is 33.8 Å². The molecule has 0 N–H and O–H groups in total. The molecule has 0 amide bonds. The van der Waals surface area contributed by atoms with Gasteiger partial charge in [-0.25, -0.2) is 4.99 Å². The molecule has 0 saturated carbocycles. The van der Waals surface area contributed by atoms with E-state index in [0.717, 1.165) is 27.3 Å². The number of nitrogens with zero attached hydrogens (tertiary/aromatic N) is 2. The fourth-order valence-electron chi connectivity index (χ4n) is 1.48. The minimum atomic E-state index is 0.496. The largest absolute Gasteiger partial charge is 0.314 e. The third-order valence-electron chi connectivity index (χ3n) is 2.25. The van der Waals surface area contributed by atoms with E-state index in [1.165, 1.54) is 0 Å². The molecule has 0 bridgehead atoms. The Morgan fingerprint density at radius 3 is 2.33 bits per heavy atom. The molecule has 0 aromatic carbocycles. The second-order valence-corrected chi connectivity index (χ2v) is 5.07. The van der Waals surface area contributed by atoms with E-state index in [2.05, 4.69) is 27.5 Å². The van der Waals surface area contributed by atoms with Crippen molar-refractivity contribution in [1.82, 2.24) is 4.90 Å². The highest BCUT2D eigenvalue weighted by Gasteiger charge is 2.24. The van der Waals surface area contributed by atoms with Crippen molar-refractivity contribution in [2.24, 2.45) is 4.99 Å². The lowest BCUT2D eigenvalue weighted by molar-refractivity contribution is 0.539. The van der Waals surface area contributed by atoms with Crippen molar-refractivity contribution in [3.8, 4) is 0 Å². The summed E-state index contributed by atoms with van der Waals surface area (Å²) < 4.78 is 0.950. The molecule has 1 aliphatic rings. The Hall–Kier alpha value is -0.540. The zero-order chi connectivity index (χ0) is 11.7. The van der Waals surface area contributed by atoms with E-state index in [-0.39, 0.29) is 0 Å². The third kappa shape index (κ3) is 2.34. The average Bonchev–Trinajstić information content (AvgIpc) is 2.09. The van der Waals surface area contributed by atoms with Crippen LogP contribution in [0.4, 0.5) is 0 Å². The summed E-state index contributed by atoms with van der Waals surface area (Å²) in [4.78, 5) is 6.30. The predicted molar refractivity (Wildman–Crippen MR) is 69.9 cm³/mol. The normalized spacial score (nSPS) is 20.4. The summed E-state index contributed by atoms with van der Waals surface area (Å²) in [6.45, 7) is 11.8. The molecule has 0 atom stereocenters. The van der Waals surface area contributed by atoms with E-state index < -0.39 is 0 Å². The van der Waals surface area contributed by atoms with Gasteiger partial charge in [-0.2, -0.15) is 0 Å². The molecule has 0 spiro atoms. The Balaban J connectivity index is 3.40. The van der Waals surface area contributed by atoms with Gasteiger partial charge >= 0.3 is 0 Å². The van der Waals surface area contributed by atoms with Crippen LogP contribution in [0.15, 0.2) is 38.8 Å². The van der Waals surface area contributed by atoms with Crippen molar-refractivity contribution in [2.45, 2.75) is 27.7 Å². The third-order valence-corrected chi connectivity index (χ3v) is 2.89. The van der Waals surface area contributed by atoms with Gasteiger partial charge in [0.05, 0.1) is 11.4 Å². The first-order valence-electron chi connectivity index (χ1n) is 4.60. The van der Waals surface area contributed by atoms with Crippen LogP contribution in [0.25, 0.3) is 0 Å². The average molecular weight is 290 g/mol. The van der Waals surface area contributed by atoms with Gasteiger partial charge in [0.1, 0.15) is 0 Å². The standard InChI is InChI=1S/C11H14BrClN2/c1-6(2)15-9(5)8(4)14-11(13)10(15)7(3)12/h1H2,2-5H3/b10-7+. The molecule has 2 nitrogen and oxygen atoms in total. The van der Waals surface area contributed by atoms with E-state index in [1.54, 1.807) is 0 Å². The van der Waals surface area contributed by atoms with E-state index in [4.69, 9.17) is 11.6 Å². The fraction of sp³-hybridized carbons (Fsp3) is 0.364. The second-order valence-electron chi connectivity index (χ2n) is 3.53. The first kappa shape index (κ1) is 12.5. The van der Waals surface area contributed by atoms with Crippen molar-refractivity contribution < 1.29 is 0 Å². The monoisotopic (exact) mass is 288 g/mol. The van der Waals surface area contributed by atoms with Crippen molar-refractivity contribution in [1.29, 1.82) is 0 Å². The molecule has 4 heteroatoms. The Labute approximate surface area is 104 Å². The van der Waals surface area contributed by atoms with Crippen molar-refractivity contribution in [2.75, 3.05) is 0 Å². The molecule has 0 aliphatic carbocycles. The minimum Gasteiger partial charge on any atom is -0.314 e. The number of hydrogen-bond donors (Lipinski definition) is 0.